The van der Waals surface area contributed by atoms with Crippen molar-refractivity contribution in [1.82, 2.24) is 0 Å². The van der Waals surface area contributed by atoms with Gasteiger partial charge in [0.25, 0.3) is 0 Å². The highest BCUT2D eigenvalue weighted by Gasteiger charge is 2.17. The second-order valence-electron chi connectivity index (χ2n) is 4.43. The molecule has 0 aromatic rings. The van der Waals surface area contributed by atoms with E-state index in [0.717, 1.165) is 18.9 Å². The number of hydrogen-bond donors (Lipinski definition) is 1. The summed E-state index contributed by atoms with van der Waals surface area (Å²) in [4.78, 5) is 0. The molecule has 1 fully saturated rings. The zero-order valence-corrected chi connectivity index (χ0v) is 10.2. The van der Waals surface area contributed by atoms with Crippen molar-refractivity contribution in [3.8, 4) is 0 Å². The molecule has 1 saturated heterocycles. The van der Waals surface area contributed by atoms with Gasteiger partial charge in [-0.1, -0.05) is 0 Å². The molecule has 1 aliphatic heterocycles. The fraction of sp³-hybridized carbons (Fsp3) is 1.00. The van der Waals surface area contributed by atoms with E-state index in [4.69, 9.17) is 10.5 Å². The average molecular weight is 217 g/mol. The van der Waals surface area contributed by atoms with Crippen molar-refractivity contribution in [2.24, 2.45) is 11.7 Å². The van der Waals surface area contributed by atoms with Gasteiger partial charge < -0.3 is 10.5 Å². The Morgan fingerprint density at radius 3 is 2.57 bits per heavy atom. The Morgan fingerprint density at radius 2 is 2.00 bits per heavy atom. The molecule has 0 radical (unpaired) electrons. The molecule has 1 atom stereocenters. The van der Waals surface area contributed by atoms with Crippen LogP contribution in [0.3, 0.4) is 0 Å². The average Bonchev–Trinajstić information content (AvgIpc) is 2.16. The van der Waals surface area contributed by atoms with Crippen molar-refractivity contribution in [2.75, 3.05) is 18.1 Å². The summed E-state index contributed by atoms with van der Waals surface area (Å²) in [6.07, 6.45) is 4.15. The number of hydrogen-bond acceptors (Lipinski definition) is 3. The second kappa shape index (κ2) is 6.70. The quantitative estimate of drug-likeness (QED) is 0.767. The summed E-state index contributed by atoms with van der Waals surface area (Å²) in [5.74, 6) is 3.49. The largest absolute Gasteiger partial charge is 0.377 e. The van der Waals surface area contributed by atoms with Crippen LogP contribution in [-0.4, -0.2) is 30.3 Å². The van der Waals surface area contributed by atoms with Crippen LogP contribution in [0, 0.1) is 5.92 Å². The normalized spacial score (nSPS) is 21.4. The van der Waals surface area contributed by atoms with Crippen LogP contribution in [0.5, 0.6) is 0 Å². The predicted octanol–water partition coefficient (Wildman–Crippen LogP) is 2.27. The molecule has 2 N–H and O–H groups in total. The Morgan fingerprint density at radius 1 is 1.36 bits per heavy atom. The highest BCUT2D eigenvalue weighted by Crippen LogP contribution is 2.25. The van der Waals surface area contributed by atoms with Crippen LogP contribution in [-0.2, 0) is 4.74 Å². The fourth-order valence-electron chi connectivity index (χ4n) is 1.79. The minimum Gasteiger partial charge on any atom is -0.377 e. The first-order valence-electron chi connectivity index (χ1n) is 5.63. The van der Waals surface area contributed by atoms with Gasteiger partial charge in [0.1, 0.15) is 0 Å². The van der Waals surface area contributed by atoms with E-state index in [1.165, 1.54) is 24.3 Å². The summed E-state index contributed by atoms with van der Waals surface area (Å²) in [6.45, 7) is 4.84. The third-order valence-corrected chi connectivity index (χ3v) is 3.67. The first-order valence-corrected chi connectivity index (χ1v) is 6.79. The fourth-order valence-corrected chi connectivity index (χ4v) is 3.00. The van der Waals surface area contributed by atoms with Crippen LogP contribution >= 0.6 is 11.8 Å². The van der Waals surface area contributed by atoms with Crippen molar-refractivity contribution in [1.29, 1.82) is 0 Å². The number of rotatable bonds is 5. The molecule has 14 heavy (non-hydrogen) atoms. The van der Waals surface area contributed by atoms with Gasteiger partial charge in [0.15, 0.2) is 0 Å². The van der Waals surface area contributed by atoms with E-state index in [1.807, 2.05) is 0 Å². The molecule has 2 nitrogen and oxygen atoms in total. The van der Waals surface area contributed by atoms with Crippen molar-refractivity contribution >= 4 is 11.8 Å². The van der Waals surface area contributed by atoms with Crippen molar-refractivity contribution in [3.63, 3.8) is 0 Å². The van der Waals surface area contributed by atoms with E-state index in [1.54, 1.807) is 0 Å². The summed E-state index contributed by atoms with van der Waals surface area (Å²) in [7, 11) is 0. The van der Waals surface area contributed by atoms with Gasteiger partial charge >= 0.3 is 0 Å². The maximum Gasteiger partial charge on any atom is 0.0621 e. The molecule has 0 amide bonds. The Bertz CT molecular complexity index is 146. The van der Waals surface area contributed by atoms with E-state index in [-0.39, 0.29) is 6.04 Å². The SMILES string of the molecule is CC(C)OCC(N)CC1CCSCC1. The Balaban J connectivity index is 2.09. The van der Waals surface area contributed by atoms with Gasteiger partial charge in [-0.25, -0.2) is 0 Å². The molecule has 1 unspecified atom stereocenters. The summed E-state index contributed by atoms with van der Waals surface area (Å²) < 4.78 is 5.51. The van der Waals surface area contributed by atoms with Gasteiger partial charge in [0, 0.05) is 6.04 Å². The molecular weight excluding hydrogens is 194 g/mol. The smallest absolute Gasteiger partial charge is 0.0621 e. The van der Waals surface area contributed by atoms with E-state index in [9.17, 15) is 0 Å². The summed E-state index contributed by atoms with van der Waals surface area (Å²) >= 11 is 2.07. The summed E-state index contributed by atoms with van der Waals surface area (Å²) in [5, 5.41) is 0. The summed E-state index contributed by atoms with van der Waals surface area (Å²) in [5.41, 5.74) is 6.02. The molecule has 0 aromatic heterocycles. The minimum atomic E-state index is 0.241. The van der Waals surface area contributed by atoms with Crippen LogP contribution in [0.2, 0.25) is 0 Å². The Labute approximate surface area is 92.0 Å². The maximum absolute atomic E-state index is 6.02. The molecule has 0 saturated carbocycles. The van der Waals surface area contributed by atoms with Gasteiger partial charge in [-0.2, -0.15) is 11.8 Å². The topological polar surface area (TPSA) is 35.2 Å². The number of thioether (sulfide) groups is 1. The van der Waals surface area contributed by atoms with Gasteiger partial charge in [0.2, 0.25) is 0 Å². The first kappa shape index (κ1) is 12.3. The van der Waals surface area contributed by atoms with Gasteiger partial charge in [-0.05, 0) is 50.5 Å². The lowest BCUT2D eigenvalue weighted by Crippen LogP contribution is -2.31. The second-order valence-corrected chi connectivity index (χ2v) is 5.66. The molecular formula is C11H23NOS. The highest BCUT2D eigenvalue weighted by atomic mass is 32.2. The lowest BCUT2D eigenvalue weighted by atomic mass is 9.95. The zero-order chi connectivity index (χ0) is 10.4. The molecule has 3 heteroatoms. The molecule has 0 bridgehead atoms. The minimum absolute atomic E-state index is 0.241. The number of nitrogens with two attached hydrogens (primary N) is 1. The Kier molecular flexibility index (Phi) is 5.90. The van der Waals surface area contributed by atoms with Crippen molar-refractivity contribution in [3.05, 3.63) is 0 Å². The monoisotopic (exact) mass is 217 g/mol. The van der Waals surface area contributed by atoms with E-state index in [0.29, 0.717) is 6.10 Å². The molecule has 1 rings (SSSR count). The van der Waals surface area contributed by atoms with Crippen LogP contribution in [0.15, 0.2) is 0 Å². The highest BCUT2D eigenvalue weighted by molar-refractivity contribution is 7.99. The van der Waals surface area contributed by atoms with Crippen LogP contribution in [0.4, 0.5) is 0 Å². The maximum atomic E-state index is 6.02. The van der Waals surface area contributed by atoms with E-state index >= 15 is 0 Å². The van der Waals surface area contributed by atoms with Crippen molar-refractivity contribution < 1.29 is 4.74 Å². The molecule has 0 aromatic carbocycles. The van der Waals surface area contributed by atoms with Crippen molar-refractivity contribution in [2.45, 2.75) is 45.3 Å². The molecule has 0 spiro atoms. The molecule has 1 heterocycles. The molecule has 84 valence electrons. The third-order valence-electron chi connectivity index (χ3n) is 2.62. The molecule has 1 aliphatic rings. The lowest BCUT2D eigenvalue weighted by molar-refractivity contribution is 0.0635. The van der Waals surface area contributed by atoms with Gasteiger partial charge in [-0.15, -0.1) is 0 Å². The third kappa shape index (κ3) is 5.23. The lowest BCUT2D eigenvalue weighted by Gasteiger charge is -2.24. The van der Waals surface area contributed by atoms with E-state index < -0.39 is 0 Å². The standard InChI is InChI=1S/C11H23NOS/c1-9(2)13-8-11(12)7-10-3-5-14-6-4-10/h9-11H,3-8,12H2,1-2H3. The Hall–Kier alpha value is 0.270. The first-order chi connectivity index (χ1) is 6.68. The molecule has 0 aliphatic carbocycles. The van der Waals surface area contributed by atoms with Gasteiger partial charge in [0.05, 0.1) is 12.7 Å². The number of ether oxygens (including phenoxy) is 1. The van der Waals surface area contributed by atoms with Crippen LogP contribution in [0.25, 0.3) is 0 Å². The van der Waals surface area contributed by atoms with Crippen LogP contribution in [0.1, 0.15) is 33.1 Å². The zero-order valence-electron chi connectivity index (χ0n) is 9.37. The van der Waals surface area contributed by atoms with Gasteiger partial charge in [-0.3, -0.25) is 0 Å². The summed E-state index contributed by atoms with van der Waals surface area (Å²) in [6, 6.07) is 0.241. The van der Waals surface area contributed by atoms with E-state index in [2.05, 4.69) is 25.6 Å². The predicted molar refractivity (Wildman–Crippen MR) is 63.7 cm³/mol. The van der Waals surface area contributed by atoms with Crippen LogP contribution < -0.4 is 5.73 Å².